The number of aromatic amines is 1. The summed E-state index contributed by atoms with van der Waals surface area (Å²) in [6, 6.07) is 17.3. The number of likely N-dealkylation sites (tertiary alicyclic amines) is 1. The second-order valence-electron chi connectivity index (χ2n) is 7.20. The van der Waals surface area contributed by atoms with Crippen molar-refractivity contribution < 1.29 is 14.1 Å². The molecule has 1 fully saturated rings. The highest BCUT2D eigenvalue weighted by atomic mass is 16.5. The number of ether oxygens (including phenoxy) is 1. The Hall–Kier alpha value is -3.61. The lowest BCUT2D eigenvalue weighted by atomic mass is 10.1. The maximum atomic E-state index is 13.0. The number of carbonyl (C=O) groups is 1. The van der Waals surface area contributed by atoms with Crippen molar-refractivity contribution in [1.29, 1.82) is 0 Å². The number of rotatable bonds is 4. The van der Waals surface area contributed by atoms with E-state index < -0.39 is 0 Å². The lowest BCUT2D eigenvalue weighted by Gasteiger charge is -2.14. The summed E-state index contributed by atoms with van der Waals surface area (Å²) in [4.78, 5) is 22.6. The molecule has 1 aliphatic rings. The molecule has 0 aliphatic carbocycles. The average molecular weight is 388 g/mol. The molecule has 3 heterocycles. The van der Waals surface area contributed by atoms with E-state index in [1.54, 1.807) is 7.11 Å². The lowest BCUT2D eigenvalue weighted by Crippen LogP contribution is -2.28. The number of fused-ring (bicyclic) bond motifs is 1. The fourth-order valence-electron chi connectivity index (χ4n) is 3.77. The standard InChI is InChI=1S/C22H20N4O3/c1-28-17-8-7-15-11-19(23-18(15)12-17)22(27)26-10-9-16(13-26)20-24-21(29-25-20)14-5-3-2-4-6-14/h2-8,11-12,16,23H,9-10,13H2,1H3/t16-/m1/s1. The van der Waals surface area contributed by atoms with Crippen LogP contribution in [0.25, 0.3) is 22.4 Å². The van der Waals surface area contributed by atoms with Crippen molar-refractivity contribution >= 4 is 16.8 Å². The Bertz CT molecular complexity index is 1170. The highest BCUT2D eigenvalue weighted by molar-refractivity contribution is 5.98. The number of hydrogen-bond acceptors (Lipinski definition) is 5. The molecule has 1 atom stereocenters. The molecule has 29 heavy (non-hydrogen) atoms. The van der Waals surface area contributed by atoms with E-state index in [4.69, 9.17) is 9.26 Å². The van der Waals surface area contributed by atoms with Crippen molar-refractivity contribution in [1.82, 2.24) is 20.0 Å². The average Bonchev–Trinajstić information content (AvgIpc) is 3.52. The summed E-state index contributed by atoms with van der Waals surface area (Å²) in [6.45, 7) is 1.24. The number of carbonyl (C=O) groups excluding carboxylic acids is 1. The minimum atomic E-state index is -0.0190. The first-order chi connectivity index (χ1) is 14.2. The number of amides is 1. The number of H-pyrrole nitrogens is 1. The predicted octanol–water partition coefficient (Wildman–Crippen LogP) is 3.86. The van der Waals surface area contributed by atoms with Crippen LogP contribution in [0.1, 0.15) is 28.7 Å². The summed E-state index contributed by atoms with van der Waals surface area (Å²) in [7, 11) is 1.63. The quantitative estimate of drug-likeness (QED) is 0.574. The first-order valence-electron chi connectivity index (χ1n) is 9.56. The molecule has 7 nitrogen and oxygen atoms in total. The van der Waals surface area contributed by atoms with Crippen LogP contribution in [0.15, 0.2) is 59.1 Å². The molecule has 2 aromatic heterocycles. The van der Waals surface area contributed by atoms with Crippen molar-refractivity contribution in [2.75, 3.05) is 20.2 Å². The molecule has 1 saturated heterocycles. The van der Waals surface area contributed by atoms with E-state index in [1.165, 1.54) is 0 Å². The molecule has 7 heteroatoms. The van der Waals surface area contributed by atoms with Gasteiger partial charge in [-0.1, -0.05) is 23.4 Å². The molecule has 1 aliphatic heterocycles. The van der Waals surface area contributed by atoms with Gasteiger partial charge in [0.1, 0.15) is 11.4 Å². The second kappa shape index (κ2) is 7.09. The number of aromatic nitrogens is 3. The van der Waals surface area contributed by atoms with Gasteiger partial charge in [0.15, 0.2) is 5.82 Å². The Labute approximate surface area is 167 Å². The third-order valence-electron chi connectivity index (χ3n) is 5.36. The molecule has 0 unspecified atom stereocenters. The smallest absolute Gasteiger partial charge is 0.270 e. The van der Waals surface area contributed by atoms with Crippen LogP contribution in [0.3, 0.4) is 0 Å². The van der Waals surface area contributed by atoms with Crippen molar-refractivity contribution in [3.63, 3.8) is 0 Å². The van der Waals surface area contributed by atoms with E-state index in [0.29, 0.717) is 30.5 Å². The summed E-state index contributed by atoms with van der Waals surface area (Å²) in [5.74, 6) is 1.97. The summed E-state index contributed by atoms with van der Waals surface area (Å²) in [5.41, 5.74) is 2.35. The third-order valence-corrected chi connectivity index (χ3v) is 5.36. The molecule has 4 aromatic rings. The molecule has 0 saturated carbocycles. The van der Waals surface area contributed by atoms with Crippen LogP contribution in [-0.4, -0.2) is 46.1 Å². The predicted molar refractivity (Wildman–Crippen MR) is 108 cm³/mol. The molecule has 1 amide bonds. The molecular formula is C22H20N4O3. The fourth-order valence-corrected chi connectivity index (χ4v) is 3.77. The van der Waals surface area contributed by atoms with Gasteiger partial charge in [-0.3, -0.25) is 4.79 Å². The van der Waals surface area contributed by atoms with Gasteiger partial charge in [0, 0.05) is 41.5 Å². The van der Waals surface area contributed by atoms with Gasteiger partial charge in [-0.15, -0.1) is 0 Å². The van der Waals surface area contributed by atoms with Gasteiger partial charge in [0.25, 0.3) is 11.8 Å². The Morgan fingerprint density at radius 2 is 2.07 bits per heavy atom. The van der Waals surface area contributed by atoms with Crippen LogP contribution in [0.2, 0.25) is 0 Å². The maximum Gasteiger partial charge on any atom is 0.270 e. The van der Waals surface area contributed by atoms with Gasteiger partial charge in [-0.05, 0) is 36.8 Å². The van der Waals surface area contributed by atoms with E-state index >= 15 is 0 Å². The normalized spacial score (nSPS) is 16.4. The van der Waals surface area contributed by atoms with Crippen molar-refractivity contribution in [3.05, 3.63) is 66.1 Å². The molecule has 1 N–H and O–H groups in total. The van der Waals surface area contributed by atoms with Crippen molar-refractivity contribution in [2.45, 2.75) is 12.3 Å². The number of hydrogen-bond donors (Lipinski definition) is 1. The molecule has 0 spiro atoms. The van der Waals surface area contributed by atoms with Gasteiger partial charge in [0.05, 0.1) is 7.11 Å². The van der Waals surface area contributed by atoms with Gasteiger partial charge in [-0.25, -0.2) is 0 Å². The zero-order chi connectivity index (χ0) is 19.8. The minimum absolute atomic E-state index is 0.0190. The molecule has 0 bridgehead atoms. The van der Waals surface area contributed by atoms with Crippen LogP contribution < -0.4 is 4.74 Å². The van der Waals surface area contributed by atoms with Crippen LogP contribution in [0, 0.1) is 0 Å². The summed E-state index contributed by atoms with van der Waals surface area (Å²) >= 11 is 0. The molecule has 2 aromatic carbocycles. The lowest BCUT2D eigenvalue weighted by molar-refractivity contribution is 0.0785. The molecule has 0 radical (unpaired) electrons. The van der Waals surface area contributed by atoms with Gasteiger partial charge >= 0.3 is 0 Å². The topological polar surface area (TPSA) is 84.2 Å². The zero-order valence-electron chi connectivity index (χ0n) is 16.0. The third kappa shape index (κ3) is 3.24. The summed E-state index contributed by atoms with van der Waals surface area (Å²) < 4.78 is 10.7. The van der Waals surface area contributed by atoms with Gasteiger partial charge in [0.2, 0.25) is 0 Å². The SMILES string of the molecule is COc1ccc2cc(C(=O)N3CC[C@@H](c4noc(-c5ccccc5)n4)C3)[nH]c2c1. The first kappa shape index (κ1) is 17.5. The minimum Gasteiger partial charge on any atom is -0.497 e. The van der Waals surface area contributed by atoms with Crippen LogP contribution >= 0.6 is 0 Å². The Kier molecular flexibility index (Phi) is 4.27. The van der Waals surface area contributed by atoms with E-state index in [2.05, 4.69) is 15.1 Å². The van der Waals surface area contributed by atoms with Crippen LogP contribution in [0.4, 0.5) is 0 Å². The van der Waals surface area contributed by atoms with Gasteiger partial charge in [-0.2, -0.15) is 4.98 Å². The monoisotopic (exact) mass is 388 g/mol. The number of methoxy groups -OCH3 is 1. The number of nitrogens with one attached hydrogen (secondary N) is 1. The van der Waals surface area contributed by atoms with Crippen molar-refractivity contribution in [3.8, 4) is 17.2 Å². The molecular weight excluding hydrogens is 368 g/mol. The fraction of sp³-hybridized carbons (Fsp3) is 0.227. The zero-order valence-corrected chi connectivity index (χ0v) is 16.0. The summed E-state index contributed by atoms with van der Waals surface area (Å²) in [5, 5.41) is 5.13. The highest BCUT2D eigenvalue weighted by Gasteiger charge is 2.31. The van der Waals surface area contributed by atoms with Crippen LogP contribution in [-0.2, 0) is 0 Å². The number of benzene rings is 2. The second-order valence-corrected chi connectivity index (χ2v) is 7.20. The van der Waals surface area contributed by atoms with Gasteiger partial charge < -0.3 is 19.1 Å². The Morgan fingerprint density at radius 1 is 1.21 bits per heavy atom. The van der Waals surface area contributed by atoms with E-state index in [-0.39, 0.29) is 11.8 Å². The molecule has 146 valence electrons. The maximum absolute atomic E-state index is 13.0. The first-order valence-corrected chi connectivity index (χ1v) is 9.56. The molecule has 5 rings (SSSR count). The van der Waals surface area contributed by atoms with Crippen molar-refractivity contribution in [2.24, 2.45) is 0 Å². The Morgan fingerprint density at radius 3 is 2.90 bits per heavy atom. The van der Waals surface area contributed by atoms with E-state index in [1.807, 2.05) is 59.5 Å². The summed E-state index contributed by atoms with van der Waals surface area (Å²) in [6.07, 6.45) is 0.813. The van der Waals surface area contributed by atoms with E-state index in [9.17, 15) is 4.79 Å². The van der Waals surface area contributed by atoms with Crippen LogP contribution in [0.5, 0.6) is 5.75 Å². The Balaban J connectivity index is 1.32. The van der Waals surface area contributed by atoms with E-state index in [0.717, 1.165) is 28.6 Å². The number of nitrogens with zero attached hydrogens (tertiary/aromatic N) is 3. The largest absolute Gasteiger partial charge is 0.497 e. The highest BCUT2D eigenvalue weighted by Crippen LogP contribution is 2.29.